The van der Waals surface area contributed by atoms with Crippen molar-refractivity contribution in [3.8, 4) is 0 Å². The molecular formula is C12H21N3O2S. The van der Waals surface area contributed by atoms with Crippen molar-refractivity contribution < 1.29 is 8.42 Å². The molecule has 0 spiro atoms. The molecule has 18 heavy (non-hydrogen) atoms. The Morgan fingerprint density at radius 1 is 1.39 bits per heavy atom. The molecule has 0 bridgehead atoms. The van der Waals surface area contributed by atoms with Gasteiger partial charge in [-0.3, -0.25) is 0 Å². The van der Waals surface area contributed by atoms with Crippen LogP contribution in [0.5, 0.6) is 0 Å². The fourth-order valence-electron chi connectivity index (χ4n) is 1.94. The molecule has 1 aliphatic carbocycles. The van der Waals surface area contributed by atoms with Crippen molar-refractivity contribution in [3.05, 3.63) is 6.33 Å². The van der Waals surface area contributed by atoms with E-state index in [1.54, 1.807) is 4.57 Å². The fourth-order valence-corrected chi connectivity index (χ4v) is 3.34. The minimum Gasteiger partial charge on any atom is -0.301 e. The molecule has 6 heteroatoms. The molecule has 0 aliphatic heterocycles. The van der Waals surface area contributed by atoms with Gasteiger partial charge in [-0.2, -0.15) is 0 Å². The topological polar surface area (TPSA) is 64.8 Å². The second-order valence-corrected chi connectivity index (χ2v) is 8.24. The van der Waals surface area contributed by atoms with Gasteiger partial charge in [0.2, 0.25) is 15.0 Å². The second-order valence-electron chi connectivity index (χ2n) is 6.24. The first-order valence-corrected chi connectivity index (χ1v) is 8.07. The summed E-state index contributed by atoms with van der Waals surface area (Å²) in [5, 5.41) is 7.68. The quantitative estimate of drug-likeness (QED) is 0.823. The van der Waals surface area contributed by atoms with Crippen LogP contribution in [0.1, 0.15) is 52.5 Å². The van der Waals surface area contributed by atoms with Crippen LogP contribution in [-0.4, -0.2) is 28.9 Å². The first-order valence-electron chi connectivity index (χ1n) is 6.42. The van der Waals surface area contributed by atoms with E-state index < -0.39 is 9.84 Å². The SMILES string of the molecule is CC(C)(C)CCCS(=O)(=O)c1nncn1C1CC1. The van der Waals surface area contributed by atoms with E-state index in [0.29, 0.717) is 12.5 Å². The Kier molecular flexibility index (Phi) is 3.49. The van der Waals surface area contributed by atoms with Crippen LogP contribution in [0.25, 0.3) is 0 Å². The predicted octanol–water partition coefficient (Wildman–Crippen LogP) is 2.21. The minimum absolute atomic E-state index is 0.152. The highest BCUT2D eigenvalue weighted by molar-refractivity contribution is 7.91. The lowest BCUT2D eigenvalue weighted by molar-refractivity contribution is 0.373. The third-order valence-electron chi connectivity index (χ3n) is 3.10. The molecule has 1 aliphatic rings. The summed E-state index contributed by atoms with van der Waals surface area (Å²) in [6.45, 7) is 6.35. The average molecular weight is 271 g/mol. The van der Waals surface area contributed by atoms with Crippen molar-refractivity contribution in [2.24, 2.45) is 5.41 Å². The predicted molar refractivity (Wildman–Crippen MR) is 69.0 cm³/mol. The molecule has 2 rings (SSSR count). The summed E-state index contributed by atoms with van der Waals surface area (Å²) in [6, 6.07) is 0.299. The monoisotopic (exact) mass is 271 g/mol. The van der Waals surface area contributed by atoms with E-state index >= 15 is 0 Å². The highest BCUT2D eigenvalue weighted by atomic mass is 32.2. The lowest BCUT2D eigenvalue weighted by atomic mass is 9.91. The van der Waals surface area contributed by atoms with E-state index in [9.17, 15) is 8.42 Å². The Labute approximate surface area is 109 Å². The number of aromatic nitrogens is 3. The molecular weight excluding hydrogens is 250 g/mol. The van der Waals surface area contributed by atoms with Gasteiger partial charge in [0.15, 0.2) is 0 Å². The standard InChI is InChI=1S/C12H21N3O2S/c1-12(2,3)7-4-8-18(16,17)11-14-13-9-15(11)10-5-6-10/h9-10H,4-8H2,1-3H3. The summed E-state index contributed by atoms with van der Waals surface area (Å²) < 4.78 is 26.1. The molecule has 0 aromatic carbocycles. The molecule has 0 amide bonds. The molecule has 0 saturated heterocycles. The fraction of sp³-hybridized carbons (Fsp3) is 0.833. The summed E-state index contributed by atoms with van der Waals surface area (Å²) in [7, 11) is -3.29. The van der Waals surface area contributed by atoms with Crippen LogP contribution in [-0.2, 0) is 9.84 Å². The highest BCUT2D eigenvalue weighted by Crippen LogP contribution is 2.36. The zero-order chi connectivity index (χ0) is 13.4. The van der Waals surface area contributed by atoms with Gasteiger partial charge in [0, 0.05) is 6.04 Å². The van der Waals surface area contributed by atoms with Gasteiger partial charge in [-0.1, -0.05) is 20.8 Å². The summed E-state index contributed by atoms with van der Waals surface area (Å²) in [5.41, 5.74) is 0.166. The minimum atomic E-state index is -3.29. The van der Waals surface area contributed by atoms with Crippen LogP contribution < -0.4 is 0 Å². The van der Waals surface area contributed by atoms with Crippen LogP contribution >= 0.6 is 0 Å². The van der Waals surface area contributed by atoms with Gasteiger partial charge >= 0.3 is 0 Å². The molecule has 1 saturated carbocycles. The maximum absolute atomic E-state index is 12.2. The highest BCUT2D eigenvalue weighted by Gasteiger charge is 2.31. The number of hydrogen-bond acceptors (Lipinski definition) is 4. The Morgan fingerprint density at radius 3 is 2.61 bits per heavy atom. The van der Waals surface area contributed by atoms with Crippen LogP contribution in [0.2, 0.25) is 0 Å². The first kappa shape index (κ1) is 13.5. The van der Waals surface area contributed by atoms with Gasteiger partial charge in [-0.15, -0.1) is 10.2 Å². The first-order chi connectivity index (χ1) is 8.30. The van der Waals surface area contributed by atoms with Gasteiger partial charge < -0.3 is 4.57 Å². The molecule has 1 fully saturated rings. The summed E-state index contributed by atoms with van der Waals surface area (Å²) >= 11 is 0. The molecule has 0 N–H and O–H groups in total. The van der Waals surface area contributed by atoms with Crippen LogP contribution in [0.4, 0.5) is 0 Å². The maximum Gasteiger partial charge on any atom is 0.249 e. The van der Waals surface area contributed by atoms with Crippen molar-refractivity contribution >= 4 is 9.84 Å². The molecule has 0 unspecified atom stereocenters. The third-order valence-corrected chi connectivity index (χ3v) is 4.77. The third kappa shape index (κ3) is 3.31. The molecule has 1 aromatic rings. The zero-order valence-corrected chi connectivity index (χ0v) is 12.1. The smallest absolute Gasteiger partial charge is 0.249 e. The van der Waals surface area contributed by atoms with Gasteiger partial charge in [0.1, 0.15) is 6.33 Å². The largest absolute Gasteiger partial charge is 0.301 e. The number of sulfone groups is 1. The molecule has 102 valence electrons. The molecule has 1 aromatic heterocycles. The van der Waals surface area contributed by atoms with E-state index in [1.165, 1.54) is 6.33 Å². The average Bonchev–Trinajstić information content (AvgIpc) is 2.93. The van der Waals surface area contributed by atoms with Gasteiger partial charge in [-0.05, 0) is 31.1 Å². The molecule has 0 radical (unpaired) electrons. The van der Waals surface area contributed by atoms with E-state index in [2.05, 4.69) is 31.0 Å². The van der Waals surface area contributed by atoms with Gasteiger partial charge in [0.25, 0.3) is 0 Å². The summed E-state index contributed by atoms with van der Waals surface area (Å²) in [5.74, 6) is 0.162. The van der Waals surface area contributed by atoms with Crippen LogP contribution in [0.3, 0.4) is 0 Å². The number of hydrogen-bond donors (Lipinski definition) is 0. The van der Waals surface area contributed by atoms with Crippen molar-refractivity contribution in [2.45, 2.75) is 57.7 Å². The molecule has 1 heterocycles. The Morgan fingerprint density at radius 2 is 2.06 bits per heavy atom. The number of nitrogens with zero attached hydrogens (tertiary/aromatic N) is 3. The Bertz CT molecular complexity index is 510. The van der Waals surface area contributed by atoms with Crippen LogP contribution in [0.15, 0.2) is 11.5 Å². The van der Waals surface area contributed by atoms with Crippen LogP contribution in [0, 0.1) is 5.41 Å². The Hall–Kier alpha value is -0.910. The lowest BCUT2D eigenvalue weighted by Gasteiger charge is -2.17. The second kappa shape index (κ2) is 4.64. The van der Waals surface area contributed by atoms with E-state index in [-0.39, 0.29) is 16.3 Å². The zero-order valence-electron chi connectivity index (χ0n) is 11.3. The molecule has 0 atom stereocenters. The van der Waals surface area contributed by atoms with E-state index in [0.717, 1.165) is 19.3 Å². The van der Waals surface area contributed by atoms with E-state index in [1.807, 2.05) is 0 Å². The van der Waals surface area contributed by atoms with Gasteiger partial charge in [0.05, 0.1) is 5.75 Å². The Balaban J connectivity index is 2.04. The maximum atomic E-state index is 12.2. The van der Waals surface area contributed by atoms with Gasteiger partial charge in [-0.25, -0.2) is 8.42 Å². The van der Waals surface area contributed by atoms with E-state index in [4.69, 9.17) is 0 Å². The van der Waals surface area contributed by atoms with Crippen molar-refractivity contribution in [2.75, 3.05) is 5.75 Å². The molecule has 5 nitrogen and oxygen atoms in total. The lowest BCUT2D eigenvalue weighted by Crippen LogP contribution is -2.15. The number of rotatable bonds is 5. The van der Waals surface area contributed by atoms with Crippen molar-refractivity contribution in [1.82, 2.24) is 14.8 Å². The van der Waals surface area contributed by atoms with Crippen molar-refractivity contribution in [3.63, 3.8) is 0 Å². The summed E-state index contributed by atoms with van der Waals surface area (Å²) in [6.07, 6.45) is 5.16. The van der Waals surface area contributed by atoms with Crippen molar-refractivity contribution in [1.29, 1.82) is 0 Å². The summed E-state index contributed by atoms with van der Waals surface area (Å²) in [4.78, 5) is 0. The normalized spacial score (nSPS) is 17.1.